The molecule has 0 spiro atoms. The molecule has 0 radical (unpaired) electrons. The Bertz CT molecular complexity index is 372. The standard InChI is InChI=1S/C12H17N3O/c1-9-4-6-14-8-11(9)15-12(16)10-3-2-5-13-7-10/h4,6,8,10,13H,2-3,5,7H2,1H3,(H,15,16). The number of hydrogen-bond donors (Lipinski definition) is 2. The molecule has 1 unspecified atom stereocenters. The van der Waals surface area contributed by atoms with E-state index in [1.54, 1.807) is 12.4 Å². The fourth-order valence-corrected chi connectivity index (χ4v) is 1.91. The lowest BCUT2D eigenvalue weighted by Gasteiger charge is -2.22. The van der Waals surface area contributed by atoms with Crippen LogP contribution in [-0.4, -0.2) is 24.0 Å². The van der Waals surface area contributed by atoms with E-state index in [0.29, 0.717) is 0 Å². The first-order valence-corrected chi connectivity index (χ1v) is 5.69. The number of anilines is 1. The van der Waals surface area contributed by atoms with Gasteiger partial charge in [-0.3, -0.25) is 9.78 Å². The van der Waals surface area contributed by atoms with E-state index in [0.717, 1.165) is 37.2 Å². The van der Waals surface area contributed by atoms with Crippen molar-refractivity contribution in [1.82, 2.24) is 10.3 Å². The molecule has 1 amide bonds. The summed E-state index contributed by atoms with van der Waals surface area (Å²) in [6.07, 6.45) is 5.47. The fourth-order valence-electron chi connectivity index (χ4n) is 1.91. The molecule has 2 heterocycles. The van der Waals surface area contributed by atoms with Crippen LogP contribution in [-0.2, 0) is 4.79 Å². The third-order valence-corrected chi connectivity index (χ3v) is 2.96. The Kier molecular flexibility index (Phi) is 3.51. The molecule has 2 N–H and O–H groups in total. The number of amides is 1. The van der Waals surface area contributed by atoms with Crippen molar-refractivity contribution in [3.8, 4) is 0 Å². The minimum Gasteiger partial charge on any atom is -0.324 e. The Morgan fingerprint density at radius 2 is 2.50 bits per heavy atom. The van der Waals surface area contributed by atoms with Crippen LogP contribution in [0.3, 0.4) is 0 Å². The van der Waals surface area contributed by atoms with Gasteiger partial charge in [-0.2, -0.15) is 0 Å². The van der Waals surface area contributed by atoms with Crippen LogP contribution >= 0.6 is 0 Å². The molecule has 1 atom stereocenters. The maximum absolute atomic E-state index is 11.9. The molecule has 0 aromatic carbocycles. The Morgan fingerprint density at radius 1 is 1.62 bits per heavy atom. The van der Waals surface area contributed by atoms with Gasteiger partial charge in [0.2, 0.25) is 5.91 Å². The zero-order chi connectivity index (χ0) is 11.4. The number of carbonyl (C=O) groups is 1. The molecule has 0 aliphatic carbocycles. The third-order valence-electron chi connectivity index (χ3n) is 2.96. The Labute approximate surface area is 95.5 Å². The van der Waals surface area contributed by atoms with Gasteiger partial charge in [0.05, 0.1) is 17.8 Å². The summed E-state index contributed by atoms with van der Waals surface area (Å²) in [4.78, 5) is 16.0. The van der Waals surface area contributed by atoms with E-state index in [2.05, 4.69) is 15.6 Å². The van der Waals surface area contributed by atoms with Gasteiger partial charge in [-0.25, -0.2) is 0 Å². The van der Waals surface area contributed by atoms with E-state index in [4.69, 9.17) is 0 Å². The highest BCUT2D eigenvalue weighted by molar-refractivity contribution is 5.93. The number of nitrogens with zero attached hydrogens (tertiary/aromatic N) is 1. The molecule has 1 aliphatic rings. The highest BCUT2D eigenvalue weighted by Crippen LogP contribution is 2.16. The van der Waals surface area contributed by atoms with Crippen molar-refractivity contribution in [2.24, 2.45) is 5.92 Å². The predicted molar refractivity (Wildman–Crippen MR) is 63.2 cm³/mol. The SMILES string of the molecule is Cc1ccncc1NC(=O)C1CCCNC1. The average molecular weight is 219 g/mol. The largest absolute Gasteiger partial charge is 0.324 e. The molecule has 0 saturated carbocycles. The number of aryl methyl sites for hydroxylation is 1. The molecule has 1 fully saturated rings. The maximum Gasteiger partial charge on any atom is 0.228 e. The maximum atomic E-state index is 11.9. The molecule has 16 heavy (non-hydrogen) atoms. The molecule has 0 bridgehead atoms. The van der Waals surface area contributed by atoms with Gasteiger partial charge >= 0.3 is 0 Å². The highest BCUT2D eigenvalue weighted by atomic mass is 16.1. The molecule has 4 heteroatoms. The topological polar surface area (TPSA) is 54.0 Å². The van der Waals surface area contributed by atoms with Crippen LogP contribution in [0.2, 0.25) is 0 Å². The number of piperidine rings is 1. The van der Waals surface area contributed by atoms with Crippen LogP contribution in [0.15, 0.2) is 18.5 Å². The fraction of sp³-hybridized carbons (Fsp3) is 0.500. The van der Waals surface area contributed by atoms with Crippen molar-refractivity contribution in [1.29, 1.82) is 0 Å². The third kappa shape index (κ3) is 2.58. The summed E-state index contributed by atoms with van der Waals surface area (Å²) in [5.41, 5.74) is 1.87. The number of hydrogen-bond acceptors (Lipinski definition) is 3. The quantitative estimate of drug-likeness (QED) is 0.789. The van der Waals surface area contributed by atoms with Crippen molar-refractivity contribution in [3.05, 3.63) is 24.0 Å². The lowest BCUT2D eigenvalue weighted by Crippen LogP contribution is -2.37. The zero-order valence-electron chi connectivity index (χ0n) is 9.49. The molecule has 1 saturated heterocycles. The molecule has 1 aromatic rings. The summed E-state index contributed by atoms with van der Waals surface area (Å²) >= 11 is 0. The molecular formula is C12H17N3O. The van der Waals surface area contributed by atoms with Crippen LogP contribution in [0.25, 0.3) is 0 Å². The summed E-state index contributed by atoms with van der Waals surface area (Å²) in [7, 11) is 0. The van der Waals surface area contributed by atoms with Crippen LogP contribution in [0.4, 0.5) is 5.69 Å². The predicted octanol–water partition coefficient (Wildman–Crippen LogP) is 1.33. The molecule has 1 aliphatic heterocycles. The Hall–Kier alpha value is -1.42. The smallest absolute Gasteiger partial charge is 0.228 e. The van der Waals surface area contributed by atoms with Gasteiger partial charge in [-0.05, 0) is 37.9 Å². The van der Waals surface area contributed by atoms with E-state index in [-0.39, 0.29) is 11.8 Å². The normalized spacial score (nSPS) is 20.4. The number of pyridine rings is 1. The summed E-state index contributed by atoms with van der Waals surface area (Å²) < 4.78 is 0. The van der Waals surface area contributed by atoms with Crippen molar-refractivity contribution in [3.63, 3.8) is 0 Å². The van der Waals surface area contributed by atoms with E-state index in [1.807, 2.05) is 13.0 Å². The first-order chi connectivity index (χ1) is 7.77. The van der Waals surface area contributed by atoms with Crippen LogP contribution < -0.4 is 10.6 Å². The summed E-state index contributed by atoms with van der Waals surface area (Å²) in [5.74, 6) is 0.191. The number of rotatable bonds is 2. The van der Waals surface area contributed by atoms with E-state index >= 15 is 0 Å². The Morgan fingerprint density at radius 3 is 3.19 bits per heavy atom. The monoisotopic (exact) mass is 219 g/mol. The van der Waals surface area contributed by atoms with Crippen LogP contribution in [0.1, 0.15) is 18.4 Å². The minimum absolute atomic E-state index is 0.0911. The second-order valence-corrected chi connectivity index (χ2v) is 4.22. The van der Waals surface area contributed by atoms with Gasteiger partial charge in [-0.15, -0.1) is 0 Å². The van der Waals surface area contributed by atoms with Crippen molar-refractivity contribution in [2.45, 2.75) is 19.8 Å². The highest BCUT2D eigenvalue weighted by Gasteiger charge is 2.21. The lowest BCUT2D eigenvalue weighted by atomic mass is 9.99. The van der Waals surface area contributed by atoms with E-state index in [1.165, 1.54) is 0 Å². The van der Waals surface area contributed by atoms with Gasteiger partial charge in [-0.1, -0.05) is 0 Å². The Balaban J connectivity index is 1.99. The van der Waals surface area contributed by atoms with Crippen LogP contribution in [0.5, 0.6) is 0 Å². The average Bonchev–Trinajstić information content (AvgIpc) is 2.33. The van der Waals surface area contributed by atoms with Gasteiger partial charge in [0.15, 0.2) is 0 Å². The molecular weight excluding hydrogens is 202 g/mol. The van der Waals surface area contributed by atoms with Gasteiger partial charge in [0, 0.05) is 12.7 Å². The second kappa shape index (κ2) is 5.07. The van der Waals surface area contributed by atoms with E-state index < -0.39 is 0 Å². The lowest BCUT2D eigenvalue weighted by molar-refractivity contribution is -0.120. The van der Waals surface area contributed by atoms with Gasteiger partial charge in [0.1, 0.15) is 0 Å². The van der Waals surface area contributed by atoms with Crippen molar-refractivity contribution < 1.29 is 4.79 Å². The summed E-state index contributed by atoms with van der Waals surface area (Å²) in [6, 6.07) is 1.90. The van der Waals surface area contributed by atoms with Gasteiger partial charge in [0.25, 0.3) is 0 Å². The van der Waals surface area contributed by atoms with Crippen LogP contribution in [0, 0.1) is 12.8 Å². The summed E-state index contributed by atoms with van der Waals surface area (Å²) in [6.45, 7) is 3.78. The summed E-state index contributed by atoms with van der Waals surface area (Å²) in [5, 5.41) is 6.18. The van der Waals surface area contributed by atoms with E-state index in [9.17, 15) is 4.79 Å². The molecule has 1 aromatic heterocycles. The zero-order valence-corrected chi connectivity index (χ0v) is 9.49. The van der Waals surface area contributed by atoms with Crippen molar-refractivity contribution >= 4 is 11.6 Å². The number of carbonyl (C=O) groups excluding carboxylic acids is 1. The number of aromatic nitrogens is 1. The molecule has 2 rings (SSSR count). The first kappa shape index (κ1) is 11.1. The second-order valence-electron chi connectivity index (χ2n) is 4.22. The van der Waals surface area contributed by atoms with Gasteiger partial charge < -0.3 is 10.6 Å². The van der Waals surface area contributed by atoms with Crippen molar-refractivity contribution in [2.75, 3.05) is 18.4 Å². The molecule has 4 nitrogen and oxygen atoms in total. The number of nitrogens with one attached hydrogen (secondary N) is 2. The minimum atomic E-state index is 0.0911. The first-order valence-electron chi connectivity index (χ1n) is 5.69. The molecule has 86 valence electrons.